The largest absolute Gasteiger partial charge is 0.492 e. The maximum absolute atomic E-state index is 12.4. The summed E-state index contributed by atoms with van der Waals surface area (Å²) in [6.07, 6.45) is -2.24. The normalized spacial score (nSPS) is 17.5. The molecule has 0 unspecified atom stereocenters. The Kier molecular flexibility index (Phi) is 3.61. The van der Waals surface area contributed by atoms with E-state index in [1.807, 2.05) is 6.07 Å². The number of rotatable bonds is 2. The van der Waals surface area contributed by atoms with Crippen molar-refractivity contribution in [1.82, 2.24) is 9.97 Å². The fraction of sp³-hybridized carbons (Fsp3) is 0.286. The summed E-state index contributed by atoms with van der Waals surface area (Å²) in [6, 6.07) is 5.37. The van der Waals surface area contributed by atoms with Crippen LogP contribution in [0.5, 0.6) is 5.75 Å². The highest BCUT2D eigenvalue weighted by Crippen LogP contribution is 2.30. The molecule has 1 atom stereocenters. The van der Waals surface area contributed by atoms with Gasteiger partial charge >= 0.3 is 6.18 Å². The standard InChI is InChI=1S/C14H13F3N4O/c15-14(16,17)9-5-19-13(20-6-9)21-11-2-1-8-3-10(18)7-22-12(8)4-11/h1-2,4-6,10H,3,7,18H2,(H,19,20,21)/t10-/m1/s1. The van der Waals surface area contributed by atoms with Gasteiger partial charge in [0.05, 0.1) is 5.56 Å². The van der Waals surface area contributed by atoms with E-state index in [-0.39, 0.29) is 12.0 Å². The number of nitrogens with two attached hydrogens (primary N) is 1. The molecule has 0 radical (unpaired) electrons. The zero-order valence-electron chi connectivity index (χ0n) is 11.4. The highest BCUT2D eigenvalue weighted by molar-refractivity contribution is 5.58. The van der Waals surface area contributed by atoms with Gasteiger partial charge in [-0.1, -0.05) is 6.07 Å². The number of alkyl halides is 3. The number of nitrogens with one attached hydrogen (secondary N) is 1. The number of ether oxygens (including phenoxy) is 1. The van der Waals surface area contributed by atoms with Crippen molar-refractivity contribution >= 4 is 11.6 Å². The predicted molar refractivity (Wildman–Crippen MR) is 73.9 cm³/mol. The van der Waals surface area contributed by atoms with Crippen LogP contribution in [0.25, 0.3) is 0 Å². The van der Waals surface area contributed by atoms with Crippen LogP contribution < -0.4 is 15.8 Å². The second-order valence-corrected chi connectivity index (χ2v) is 5.02. The first-order valence-corrected chi connectivity index (χ1v) is 6.59. The Morgan fingerprint density at radius 2 is 1.95 bits per heavy atom. The summed E-state index contributed by atoms with van der Waals surface area (Å²) in [6.45, 7) is 0.438. The van der Waals surface area contributed by atoms with Gasteiger partial charge in [-0.2, -0.15) is 13.2 Å². The molecule has 3 rings (SSSR count). The fourth-order valence-electron chi connectivity index (χ4n) is 2.14. The van der Waals surface area contributed by atoms with Crippen LogP contribution in [-0.2, 0) is 12.6 Å². The van der Waals surface area contributed by atoms with E-state index >= 15 is 0 Å². The zero-order chi connectivity index (χ0) is 15.7. The molecule has 5 nitrogen and oxygen atoms in total. The van der Waals surface area contributed by atoms with Crippen LogP contribution in [0.1, 0.15) is 11.1 Å². The van der Waals surface area contributed by atoms with Gasteiger partial charge < -0.3 is 15.8 Å². The van der Waals surface area contributed by atoms with Crippen LogP contribution in [0, 0.1) is 0 Å². The van der Waals surface area contributed by atoms with Gasteiger partial charge in [-0.25, -0.2) is 9.97 Å². The fourth-order valence-corrected chi connectivity index (χ4v) is 2.14. The minimum absolute atomic E-state index is 0.0236. The molecule has 22 heavy (non-hydrogen) atoms. The van der Waals surface area contributed by atoms with E-state index in [2.05, 4.69) is 15.3 Å². The minimum Gasteiger partial charge on any atom is -0.492 e. The summed E-state index contributed by atoms with van der Waals surface area (Å²) in [5.74, 6) is 0.791. The highest BCUT2D eigenvalue weighted by Gasteiger charge is 2.31. The quantitative estimate of drug-likeness (QED) is 0.891. The maximum atomic E-state index is 12.4. The smallest absolute Gasteiger partial charge is 0.419 e. The van der Waals surface area contributed by atoms with E-state index < -0.39 is 11.7 Å². The lowest BCUT2D eigenvalue weighted by atomic mass is 10.0. The van der Waals surface area contributed by atoms with Gasteiger partial charge in [-0.05, 0) is 18.1 Å². The van der Waals surface area contributed by atoms with Crippen LogP contribution in [0.4, 0.5) is 24.8 Å². The number of fused-ring (bicyclic) bond motifs is 1. The van der Waals surface area contributed by atoms with Crippen LogP contribution in [-0.4, -0.2) is 22.6 Å². The van der Waals surface area contributed by atoms with Crippen LogP contribution in [0.15, 0.2) is 30.6 Å². The van der Waals surface area contributed by atoms with E-state index in [1.165, 1.54) is 0 Å². The molecule has 0 fully saturated rings. The number of hydrogen-bond acceptors (Lipinski definition) is 5. The first-order chi connectivity index (χ1) is 10.4. The lowest BCUT2D eigenvalue weighted by molar-refractivity contribution is -0.138. The van der Waals surface area contributed by atoms with Crippen LogP contribution >= 0.6 is 0 Å². The second-order valence-electron chi connectivity index (χ2n) is 5.02. The molecule has 1 aliphatic heterocycles. The van der Waals surface area contributed by atoms with Crippen molar-refractivity contribution < 1.29 is 17.9 Å². The van der Waals surface area contributed by atoms with Crippen molar-refractivity contribution in [3.63, 3.8) is 0 Å². The SMILES string of the molecule is N[C@H]1COc2cc(Nc3ncc(C(F)(F)F)cn3)ccc2C1. The first-order valence-electron chi connectivity index (χ1n) is 6.59. The van der Waals surface area contributed by atoms with E-state index in [1.54, 1.807) is 12.1 Å². The molecule has 1 aromatic heterocycles. The Hall–Kier alpha value is -2.35. The van der Waals surface area contributed by atoms with Crippen molar-refractivity contribution in [2.24, 2.45) is 5.73 Å². The van der Waals surface area contributed by atoms with Gasteiger partial charge in [0.2, 0.25) is 5.95 Å². The molecule has 0 amide bonds. The van der Waals surface area contributed by atoms with Gasteiger partial charge in [-0.15, -0.1) is 0 Å². The highest BCUT2D eigenvalue weighted by atomic mass is 19.4. The minimum atomic E-state index is -4.45. The second kappa shape index (κ2) is 5.45. The molecule has 116 valence electrons. The molecular weight excluding hydrogens is 297 g/mol. The average Bonchev–Trinajstić information content (AvgIpc) is 2.47. The molecule has 1 aliphatic rings. The van der Waals surface area contributed by atoms with Crippen molar-refractivity contribution in [2.45, 2.75) is 18.6 Å². The molecule has 0 saturated heterocycles. The maximum Gasteiger partial charge on any atom is 0.419 e. The third-order valence-corrected chi connectivity index (χ3v) is 3.24. The van der Waals surface area contributed by atoms with E-state index in [9.17, 15) is 13.2 Å². The summed E-state index contributed by atoms with van der Waals surface area (Å²) in [4.78, 5) is 7.32. The molecule has 0 bridgehead atoms. The third kappa shape index (κ3) is 3.11. The van der Waals surface area contributed by atoms with Crippen LogP contribution in [0.3, 0.4) is 0 Å². The summed E-state index contributed by atoms with van der Waals surface area (Å²) in [5.41, 5.74) is 6.55. The number of nitrogens with zero attached hydrogens (tertiary/aromatic N) is 2. The summed E-state index contributed by atoms with van der Waals surface area (Å²) in [5, 5.41) is 2.84. The number of hydrogen-bond donors (Lipinski definition) is 2. The van der Waals surface area contributed by atoms with Crippen LogP contribution in [0.2, 0.25) is 0 Å². The molecule has 0 aliphatic carbocycles. The monoisotopic (exact) mass is 310 g/mol. The Balaban J connectivity index is 1.76. The third-order valence-electron chi connectivity index (χ3n) is 3.24. The van der Waals surface area contributed by atoms with Gasteiger partial charge in [-0.3, -0.25) is 0 Å². The molecule has 1 aromatic carbocycles. The molecule has 2 aromatic rings. The van der Waals surface area contributed by atoms with E-state index in [0.717, 1.165) is 24.4 Å². The van der Waals surface area contributed by atoms with E-state index in [4.69, 9.17) is 10.5 Å². The Bertz CT molecular complexity index is 673. The molecule has 3 N–H and O–H groups in total. The Labute approximate surface area is 124 Å². The van der Waals surface area contributed by atoms with Crippen molar-refractivity contribution in [3.8, 4) is 5.75 Å². The van der Waals surface area contributed by atoms with Gasteiger partial charge in [0.15, 0.2) is 0 Å². The molecular formula is C14H13F3N4O. The van der Waals surface area contributed by atoms with Gasteiger partial charge in [0.1, 0.15) is 12.4 Å². The Morgan fingerprint density at radius 1 is 1.23 bits per heavy atom. The van der Waals surface area contributed by atoms with Gasteiger partial charge in [0.25, 0.3) is 0 Å². The number of anilines is 2. The zero-order valence-corrected chi connectivity index (χ0v) is 11.4. The summed E-state index contributed by atoms with van der Waals surface area (Å²) in [7, 11) is 0. The molecule has 0 spiro atoms. The lowest BCUT2D eigenvalue weighted by Gasteiger charge is -2.22. The number of aromatic nitrogens is 2. The summed E-state index contributed by atoms with van der Waals surface area (Å²) < 4.78 is 42.8. The Morgan fingerprint density at radius 3 is 2.64 bits per heavy atom. The average molecular weight is 310 g/mol. The van der Waals surface area contributed by atoms with Crippen molar-refractivity contribution in [2.75, 3.05) is 11.9 Å². The summed E-state index contributed by atoms with van der Waals surface area (Å²) >= 11 is 0. The lowest BCUT2D eigenvalue weighted by Crippen LogP contribution is -2.33. The van der Waals surface area contributed by atoms with Gasteiger partial charge in [0, 0.05) is 30.2 Å². The predicted octanol–water partition coefficient (Wildman–Crippen LogP) is 2.50. The van der Waals surface area contributed by atoms with Crippen molar-refractivity contribution in [3.05, 3.63) is 41.7 Å². The topological polar surface area (TPSA) is 73.1 Å². The first kappa shape index (κ1) is 14.6. The molecule has 2 heterocycles. The number of benzene rings is 1. The molecule has 0 saturated carbocycles. The molecule has 8 heteroatoms. The van der Waals surface area contributed by atoms with Crippen molar-refractivity contribution in [1.29, 1.82) is 0 Å². The van der Waals surface area contributed by atoms with E-state index in [0.29, 0.717) is 18.0 Å². The number of halogens is 3.